The SMILES string of the molecule is NC(=S)CCN1CCC(c2ccccc2)C1. The van der Waals surface area contributed by atoms with Crippen LogP contribution in [0.3, 0.4) is 0 Å². The summed E-state index contributed by atoms with van der Waals surface area (Å²) >= 11 is 4.90. The van der Waals surface area contributed by atoms with E-state index in [0.29, 0.717) is 10.9 Å². The van der Waals surface area contributed by atoms with Crippen LogP contribution < -0.4 is 5.73 Å². The third-order valence-electron chi connectivity index (χ3n) is 3.22. The molecule has 1 heterocycles. The van der Waals surface area contributed by atoms with E-state index >= 15 is 0 Å². The van der Waals surface area contributed by atoms with Gasteiger partial charge in [-0.1, -0.05) is 42.5 Å². The lowest BCUT2D eigenvalue weighted by Crippen LogP contribution is -2.25. The second-order valence-electron chi connectivity index (χ2n) is 4.41. The van der Waals surface area contributed by atoms with Crippen molar-refractivity contribution in [3.63, 3.8) is 0 Å². The first-order chi connectivity index (χ1) is 7.75. The molecule has 1 aromatic carbocycles. The van der Waals surface area contributed by atoms with E-state index < -0.39 is 0 Å². The monoisotopic (exact) mass is 234 g/mol. The first-order valence-electron chi connectivity index (χ1n) is 5.81. The van der Waals surface area contributed by atoms with E-state index in [-0.39, 0.29) is 0 Å². The summed E-state index contributed by atoms with van der Waals surface area (Å²) < 4.78 is 0. The summed E-state index contributed by atoms with van der Waals surface area (Å²) in [6.45, 7) is 3.33. The predicted molar refractivity (Wildman–Crippen MR) is 71.6 cm³/mol. The summed E-state index contributed by atoms with van der Waals surface area (Å²) in [7, 11) is 0. The number of hydrogen-bond donors (Lipinski definition) is 1. The van der Waals surface area contributed by atoms with Crippen molar-refractivity contribution in [2.75, 3.05) is 19.6 Å². The zero-order valence-electron chi connectivity index (χ0n) is 9.43. The highest BCUT2D eigenvalue weighted by atomic mass is 32.1. The van der Waals surface area contributed by atoms with Crippen molar-refractivity contribution in [1.82, 2.24) is 4.90 Å². The molecule has 1 atom stereocenters. The van der Waals surface area contributed by atoms with Gasteiger partial charge in [0, 0.05) is 19.5 Å². The Hall–Kier alpha value is -0.930. The molecule has 0 saturated carbocycles. The Morgan fingerprint density at radius 3 is 2.81 bits per heavy atom. The van der Waals surface area contributed by atoms with Crippen molar-refractivity contribution in [3.05, 3.63) is 35.9 Å². The van der Waals surface area contributed by atoms with Gasteiger partial charge in [-0.2, -0.15) is 0 Å². The lowest BCUT2D eigenvalue weighted by molar-refractivity contribution is 0.345. The van der Waals surface area contributed by atoms with Crippen molar-refractivity contribution in [1.29, 1.82) is 0 Å². The Labute approximate surface area is 102 Å². The largest absolute Gasteiger partial charge is 0.393 e. The Morgan fingerprint density at radius 1 is 1.38 bits per heavy atom. The van der Waals surface area contributed by atoms with E-state index in [0.717, 1.165) is 19.5 Å². The van der Waals surface area contributed by atoms with Gasteiger partial charge in [-0.05, 0) is 24.4 Å². The molecular weight excluding hydrogens is 216 g/mol. The molecular formula is C13H18N2S. The molecule has 0 aliphatic carbocycles. The number of hydrogen-bond acceptors (Lipinski definition) is 2. The quantitative estimate of drug-likeness (QED) is 0.809. The lowest BCUT2D eigenvalue weighted by Gasteiger charge is -2.15. The first-order valence-corrected chi connectivity index (χ1v) is 6.22. The summed E-state index contributed by atoms with van der Waals surface area (Å²) in [5.74, 6) is 0.688. The van der Waals surface area contributed by atoms with Gasteiger partial charge in [0.15, 0.2) is 0 Å². The van der Waals surface area contributed by atoms with Crippen molar-refractivity contribution in [2.45, 2.75) is 18.8 Å². The molecule has 1 aromatic rings. The molecule has 2 rings (SSSR count). The average Bonchev–Trinajstić information content (AvgIpc) is 2.76. The van der Waals surface area contributed by atoms with Gasteiger partial charge in [0.25, 0.3) is 0 Å². The molecule has 16 heavy (non-hydrogen) atoms. The number of thiocarbonyl (C=S) groups is 1. The van der Waals surface area contributed by atoms with Crippen LogP contribution in [0.5, 0.6) is 0 Å². The van der Waals surface area contributed by atoms with Crippen molar-refractivity contribution in [3.8, 4) is 0 Å². The fraction of sp³-hybridized carbons (Fsp3) is 0.462. The number of rotatable bonds is 4. The molecule has 0 aromatic heterocycles. The molecule has 0 spiro atoms. The third-order valence-corrected chi connectivity index (χ3v) is 3.42. The first kappa shape index (κ1) is 11.6. The molecule has 3 heteroatoms. The van der Waals surface area contributed by atoms with E-state index in [4.69, 9.17) is 18.0 Å². The maximum Gasteiger partial charge on any atom is 0.0740 e. The third kappa shape index (κ3) is 3.03. The molecule has 86 valence electrons. The molecule has 0 radical (unpaired) electrons. The Morgan fingerprint density at radius 2 is 2.12 bits per heavy atom. The highest BCUT2D eigenvalue weighted by molar-refractivity contribution is 7.80. The van der Waals surface area contributed by atoms with Crippen LogP contribution in [-0.4, -0.2) is 29.5 Å². The normalized spacial score (nSPS) is 21.1. The minimum Gasteiger partial charge on any atom is -0.393 e. The van der Waals surface area contributed by atoms with Gasteiger partial charge >= 0.3 is 0 Å². The maximum atomic E-state index is 5.52. The summed E-state index contributed by atoms with van der Waals surface area (Å²) in [5, 5.41) is 0. The Kier molecular flexibility index (Phi) is 3.91. The van der Waals surface area contributed by atoms with Crippen molar-refractivity contribution < 1.29 is 0 Å². The van der Waals surface area contributed by atoms with Gasteiger partial charge in [-0.25, -0.2) is 0 Å². The summed E-state index contributed by atoms with van der Waals surface area (Å²) in [5.41, 5.74) is 6.98. The topological polar surface area (TPSA) is 29.3 Å². The average molecular weight is 234 g/mol. The van der Waals surface area contributed by atoms with Gasteiger partial charge in [0.2, 0.25) is 0 Å². The molecule has 0 amide bonds. The van der Waals surface area contributed by atoms with E-state index in [1.54, 1.807) is 0 Å². The van der Waals surface area contributed by atoms with E-state index in [1.807, 2.05) is 0 Å². The fourth-order valence-corrected chi connectivity index (χ4v) is 2.39. The molecule has 1 aliphatic rings. The predicted octanol–water partition coefficient (Wildman–Crippen LogP) is 2.15. The molecule has 2 nitrogen and oxygen atoms in total. The highest BCUT2D eigenvalue weighted by Crippen LogP contribution is 2.26. The number of nitrogens with zero attached hydrogens (tertiary/aromatic N) is 1. The summed E-state index contributed by atoms with van der Waals surface area (Å²) in [6, 6.07) is 10.8. The van der Waals surface area contributed by atoms with Crippen LogP contribution in [0.1, 0.15) is 24.3 Å². The van der Waals surface area contributed by atoms with Crippen LogP contribution in [0.4, 0.5) is 0 Å². The van der Waals surface area contributed by atoms with Crippen LogP contribution in [0.2, 0.25) is 0 Å². The zero-order chi connectivity index (χ0) is 11.4. The van der Waals surface area contributed by atoms with Gasteiger partial charge in [-0.3, -0.25) is 0 Å². The van der Waals surface area contributed by atoms with Crippen LogP contribution >= 0.6 is 12.2 Å². The minimum absolute atomic E-state index is 0.628. The molecule has 1 saturated heterocycles. The maximum absolute atomic E-state index is 5.52. The molecule has 1 aliphatic heterocycles. The minimum atomic E-state index is 0.628. The Bertz CT molecular complexity index is 350. The van der Waals surface area contributed by atoms with Crippen LogP contribution in [0.15, 0.2) is 30.3 Å². The smallest absolute Gasteiger partial charge is 0.0740 e. The van der Waals surface area contributed by atoms with Crippen LogP contribution in [0.25, 0.3) is 0 Å². The second-order valence-corrected chi connectivity index (χ2v) is 4.94. The summed E-state index contributed by atoms with van der Waals surface area (Å²) in [6.07, 6.45) is 2.10. The van der Waals surface area contributed by atoms with E-state index in [2.05, 4.69) is 35.2 Å². The van der Waals surface area contributed by atoms with Crippen LogP contribution in [0, 0.1) is 0 Å². The molecule has 1 fully saturated rings. The number of likely N-dealkylation sites (tertiary alicyclic amines) is 1. The van der Waals surface area contributed by atoms with Crippen molar-refractivity contribution in [2.24, 2.45) is 5.73 Å². The van der Waals surface area contributed by atoms with E-state index in [1.165, 1.54) is 18.5 Å². The second kappa shape index (κ2) is 5.41. The van der Waals surface area contributed by atoms with Gasteiger partial charge < -0.3 is 10.6 Å². The zero-order valence-corrected chi connectivity index (χ0v) is 10.2. The van der Waals surface area contributed by atoms with E-state index in [9.17, 15) is 0 Å². The van der Waals surface area contributed by atoms with Crippen molar-refractivity contribution >= 4 is 17.2 Å². The molecule has 0 bridgehead atoms. The fourth-order valence-electron chi connectivity index (χ4n) is 2.30. The standard InChI is InChI=1S/C13H18N2S/c14-13(16)7-9-15-8-6-12(10-15)11-4-2-1-3-5-11/h1-5,12H,6-10H2,(H2,14,16). The number of nitrogens with two attached hydrogens (primary N) is 1. The lowest BCUT2D eigenvalue weighted by atomic mass is 9.99. The summed E-state index contributed by atoms with van der Waals surface area (Å²) in [4.78, 5) is 3.08. The highest BCUT2D eigenvalue weighted by Gasteiger charge is 2.23. The molecule has 1 unspecified atom stereocenters. The van der Waals surface area contributed by atoms with Gasteiger partial charge in [-0.15, -0.1) is 0 Å². The van der Waals surface area contributed by atoms with Gasteiger partial charge in [0.05, 0.1) is 4.99 Å². The molecule has 2 N–H and O–H groups in total. The number of benzene rings is 1. The Balaban J connectivity index is 1.86. The van der Waals surface area contributed by atoms with Crippen LogP contribution in [-0.2, 0) is 0 Å². The van der Waals surface area contributed by atoms with Gasteiger partial charge in [0.1, 0.15) is 0 Å².